The molecule has 0 saturated carbocycles. The van der Waals surface area contributed by atoms with Gasteiger partial charge in [-0.2, -0.15) is 5.26 Å². The summed E-state index contributed by atoms with van der Waals surface area (Å²) in [6.07, 6.45) is 0.914. The molecule has 0 bridgehead atoms. The highest BCUT2D eigenvalue weighted by Crippen LogP contribution is 2.27. The topological polar surface area (TPSA) is 56.1 Å². The molecule has 1 atom stereocenters. The van der Waals surface area contributed by atoms with Crippen LogP contribution in [-0.4, -0.2) is 25.0 Å². The van der Waals surface area contributed by atoms with Crippen molar-refractivity contribution < 1.29 is 4.79 Å². The van der Waals surface area contributed by atoms with E-state index < -0.39 is 0 Å². The van der Waals surface area contributed by atoms with E-state index in [0.29, 0.717) is 5.56 Å². The molecule has 1 N–H and O–H groups in total. The molecule has 1 saturated heterocycles. The van der Waals surface area contributed by atoms with Crippen LogP contribution < -0.4 is 10.2 Å². The lowest BCUT2D eigenvalue weighted by atomic mass is 10.2. The first-order valence-electron chi connectivity index (χ1n) is 5.82. The molecule has 1 aliphatic rings. The minimum absolute atomic E-state index is 0.00315. The number of nitriles is 1. The van der Waals surface area contributed by atoms with Gasteiger partial charge in [-0.1, -0.05) is 15.9 Å². The van der Waals surface area contributed by atoms with E-state index in [4.69, 9.17) is 5.26 Å². The summed E-state index contributed by atoms with van der Waals surface area (Å²) in [5, 5.41) is 12.0. The quantitative estimate of drug-likeness (QED) is 0.909. The molecule has 18 heavy (non-hydrogen) atoms. The second kappa shape index (κ2) is 5.40. The Morgan fingerprint density at radius 3 is 3.06 bits per heavy atom. The fraction of sp³-hybridized carbons (Fsp3) is 0.385. The lowest BCUT2D eigenvalue weighted by Gasteiger charge is -2.20. The average Bonchev–Trinajstić information content (AvgIpc) is 2.76. The maximum Gasteiger partial charge on any atom is 0.217 e. The lowest BCUT2D eigenvalue weighted by molar-refractivity contribution is -0.119. The number of nitrogens with one attached hydrogen (secondary N) is 1. The highest BCUT2D eigenvalue weighted by molar-refractivity contribution is 9.10. The second-order valence-corrected chi connectivity index (χ2v) is 5.32. The molecule has 94 valence electrons. The third kappa shape index (κ3) is 2.82. The summed E-state index contributed by atoms with van der Waals surface area (Å²) in [6.45, 7) is 3.14. The van der Waals surface area contributed by atoms with Crippen molar-refractivity contribution in [2.24, 2.45) is 0 Å². The summed E-state index contributed by atoms with van der Waals surface area (Å²) in [5.41, 5.74) is 1.60. The van der Waals surface area contributed by atoms with E-state index >= 15 is 0 Å². The van der Waals surface area contributed by atoms with E-state index in [1.54, 1.807) is 0 Å². The van der Waals surface area contributed by atoms with E-state index in [1.165, 1.54) is 6.92 Å². The molecule has 0 aliphatic carbocycles. The summed E-state index contributed by atoms with van der Waals surface area (Å²) in [5.74, 6) is -0.00315. The van der Waals surface area contributed by atoms with Gasteiger partial charge in [0.15, 0.2) is 0 Å². The van der Waals surface area contributed by atoms with Crippen molar-refractivity contribution >= 4 is 27.5 Å². The van der Waals surface area contributed by atoms with Gasteiger partial charge in [0.1, 0.15) is 6.07 Å². The van der Waals surface area contributed by atoms with Gasteiger partial charge < -0.3 is 10.2 Å². The van der Waals surface area contributed by atoms with E-state index in [0.717, 1.165) is 29.7 Å². The monoisotopic (exact) mass is 307 g/mol. The van der Waals surface area contributed by atoms with Crippen molar-refractivity contribution in [3.8, 4) is 6.07 Å². The highest BCUT2D eigenvalue weighted by Gasteiger charge is 2.24. The molecule has 1 aliphatic heterocycles. The molecule has 0 radical (unpaired) electrons. The van der Waals surface area contributed by atoms with Crippen molar-refractivity contribution in [3.63, 3.8) is 0 Å². The molecule has 1 amide bonds. The molecule has 1 fully saturated rings. The molecule has 1 heterocycles. The molecular weight excluding hydrogens is 294 g/mol. The van der Waals surface area contributed by atoms with E-state index in [-0.39, 0.29) is 11.9 Å². The van der Waals surface area contributed by atoms with Crippen molar-refractivity contribution in [3.05, 3.63) is 28.2 Å². The van der Waals surface area contributed by atoms with Crippen molar-refractivity contribution in [1.29, 1.82) is 5.26 Å². The van der Waals surface area contributed by atoms with Gasteiger partial charge in [0.2, 0.25) is 5.91 Å². The SMILES string of the molecule is CC(=O)NC1CCN(c2cc(Br)ccc2C#N)C1. The van der Waals surface area contributed by atoms with Crippen molar-refractivity contribution in [2.75, 3.05) is 18.0 Å². The zero-order chi connectivity index (χ0) is 13.1. The van der Waals surface area contributed by atoms with Crippen LogP contribution in [0.3, 0.4) is 0 Å². The first-order chi connectivity index (χ1) is 8.60. The Bertz CT molecular complexity index is 509. The fourth-order valence-corrected chi connectivity index (χ4v) is 2.59. The smallest absolute Gasteiger partial charge is 0.217 e. The van der Waals surface area contributed by atoms with Gasteiger partial charge in [0, 0.05) is 30.5 Å². The molecule has 0 aromatic heterocycles. The summed E-state index contributed by atoms with van der Waals surface area (Å²) in [6, 6.07) is 8.01. The van der Waals surface area contributed by atoms with Crippen LogP contribution in [0.2, 0.25) is 0 Å². The summed E-state index contributed by atoms with van der Waals surface area (Å²) in [7, 11) is 0. The van der Waals surface area contributed by atoms with Crippen LogP contribution in [0.4, 0.5) is 5.69 Å². The average molecular weight is 308 g/mol. The summed E-state index contributed by atoms with van der Waals surface area (Å²) < 4.78 is 0.958. The van der Waals surface area contributed by atoms with Gasteiger partial charge in [-0.15, -0.1) is 0 Å². The van der Waals surface area contributed by atoms with E-state index in [1.807, 2.05) is 18.2 Å². The maximum atomic E-state index is 11.0. The fourth-order valence-electron chi connectivity index (χ4n) is 2.25. The normalized spacial score (nSPS) is 18.5. The number of amides is 1. The van der Waals surface area contributed by atoms with Crippen LogP contribution >= 0.6 is 15.9 Å². The Morgan fingerprint density at radius 1 is 1.61 bits per heavy atom. The van der Waals surface area contributed by atoms with Crippen molar-refractivity contribution in [2.45, 2.75) is 19.4 Å². The third-order valence-electron chi connectivity index (χ3n) is 3.02. The van der Waals surface area contributed by atoms with Gasteiger partial charge in [-0.25, -0.2) is 0 Å². The Balaban J connectivity index is 2.16. The van der Waals surface area contributed by atoms with E-state index in [9.17, 15) is 4.79 Å². The third-order valence-corrected chi connectivity index (χ3v) is 3.51. The molecule has 0 spiro atoms. The summed E-state index contributed by atoms with van der Waals surface area (Å²) in [4.78, 5) is 13.2. The van der Waals surface area contributed by atoms with Gasteiger partial charge in [-0.3, -0.25) is 4.79 Å². The zero-order valence-corrected chi connectivity index (χ0v) is 11.7. The first kappa shape index (κ1) is 12.9. The predicted molar refractivity (Wildman–Crippen MR) is 73.3 cm³/mol. The van der Waals surface area contributed by atoms with E-state index in [2.05, 4.69) is 32.2 Å². The number of hydrogen-bond acceptors (Lipinski definition) is 3. The van der Waals surface area contributed by atoms with Crippen LogP contribution in [0.25, 0.3) is 0 Å². The number of nitrogens with zero attached hydrogens (tertiary/aromatic N) is 2. The Morgan fingerprint density at radius 2 is 2.39 bits per heavy atom. The van der Waals surface area contributed by atoms with Crippen LogP contribution in [0.15, 0.2) is 22.7 Å². The minimum Gasteiger partial charge on any atom is -0.368 e. The number of halogens is 1. The number of benzene rings is 1. The van der Waals surface area contributed by atoms with Gasteiger partial charge in [-0.05, 0) is 24.6 Å². The molecule has 1 aromatic rings. The zero-order valence-electron chi connectivity index (χ0n) is 10.1. The van der Waals surface area contributed by atoms with Crippen LogP contribution in [0.1, 0.15) is 18.9 Å². The standard InChI is InChI=1S/C13H14BrN3O/c1-9(18)16-12-4-5-17(8-12)13-6-11(14)3-2-10(13)7-15/h2-3,6,12H,4-5,8H2,1H3,(H,16,18). The molecule has 1 aromatic carbocycles. The van der Waals surface area contributed by atoms with Crippen molar-refractivity contribution in [1.82, 2.24) is 5.32 Å². The number of hydrogen-bond donors (Lipinski definition) is 1. The minimum atomic E-state index is -0.00315. The van der Waals surface area contributed by atoms with Gasteiger partial charge in [0.05, 0.1) is 11.3 Å². The molecule has 5 heteroatoms. The Hall–Kier alpha value is -1.54. The molecular formula is C13H14BrN3O. The number of anilines is 1. The van der Waals surface area contributed by atoms with Crippen LogP contribution in [0, 0.1) is 11.3 Å². The molecule has 1 unspecified atom stereocenters. The van der Waals surface area contributed by atoms with Gasteiger partial charge >= 0.3 is 0 Å². The first-order valence-corrected chi connectivity index (χ1v) is 6.61. The highest BCUT2D eigenvalue weighted by atomic mass is 79.9. The molecule has 2 rings (SSSR count). The second-order valence-electron chi connectivity index (χ2n) is 4.41. The maximum absolute atomic E-state index is 11.0. The summed E-state index contributed by atoms with van der Waals surface area (Å²) >= 11 is 3.42. The van der Waals surface area contributed by atoms with Crippen LogP contribution in [0.5, 0.6) is 0 Å². The molecule has 4 nitrogen and oxygen atoms in total. The Kier molecular flexibility index (Phi) is 3.87. The lowest BCUT2D eigenvalue weighted by Crippen LogP contribution is -2.35. The predicted octanol–water partition coefficient (Wildman–Crippen LogP) is 2.04. The Labute approximate surface area is 115 Å². The number of rotatable bonds is 2. The van der Waals surface area contributed by atoms with Gasteiger partial charge in [0.25, 0.3) is 0 Å². The number of carbonyl (C=O) groups excluding carboxylic acids is 1. The van der Waals surface area contributed by atoms with Crippen LogP contribution in [-0.2, 0) is 4.79 Å². The number of carbonyl (C=O) groups is 1. The largest absolute Gasteiger partial charge is 0.368 e.